The van der Waals surface area contributed by atoms with Crippen LogP contribution in [0.25, 0.3) is 0 Å². The maximum atomic E-state index is 12.4. The smallest absolute Gasteiger partial charge is 0.238 e. The van der Waals surface area contributed by atoms with Crippen molar-refractivity contribution in [1.29, 1.82) is 0 Å². The van der Waals surface area contributed by atoms with Crippen LogP contribution in [0.3, 0.4) is 0 Å². The van der Waals surface area contributed by atoms with Crippen molar-refractivity contribution >= 4 is 27.5 Å². The standard InChI is InChI=1S/C20H25BrN2O/c1-4-15(2)18-7-5-6-8-19(18)22-20(24)14-23(3)13-16-9-11-17(21)12-10-16/h5-12,15H,4,13-14H2,1-3H3,(H,22,24)/t15-/m1/s1. The summed E-state index contributed by atoms with van der Waals surface area (Å²) in [4.78, 5) is 14.4. The normalized spacial score (nSPS) is 12.2. The van der Waals surface area contributed by atoms with E-state index in [9.17, 15) is 4.79 Å². The van der Waals surface area contributed by atoms with Gasteiger partial charge in [0.2, 0.25) is 5.91 Å². The first-order valence-electron chi connectivity index (χ1n) is 8.31. The molecular weight excluding hydrogens is 364 g/mol. The Hall–Kier alpha value is -1.65. The first-order valence-corrected chi connectivity index (χ1v) is 9.10. The fourth-order valence-corrected chi connectivity index (χ4v) is 2.92. The summed E-state index contributed by atoms with van der Waals surface area (Å²) in [6.07, 6.45) is 1.05. The lowest BCUT2D eigenvalue weighted by Gasteiger charge is -2.19. The average molecular weight is 389 g/mol. The molecule has 0 radical (unpaired) electrons. The highest BCUT2D eigenvalue weighted by molar-refractivity contribution is 9.10. The van der Waals surface area contributed by atoms with Crippen LogP contribution in [0.15, 0.2) is 53.0 Å². The third kappa shape index (κ3) is 5.46. The maximum absolute atomic E-state index is 12.4. The third-order valence-electron chi connectivity index (χ3n) is 4.16. The molecular formula is C20H25BrN2O. The first-order chi connectivity index (χ1) is 11.5. The molecule has 0 unspecified atom stereocenters. The lowest BCUT2D eigenvalue weighted by Crippen LogP contribution is -2.30. The molecule has 0 spiro atoms. The quantitative estimate of drug-likeness (QED) is 0.720. The van der Waals surface area contributed by atoms with Gasteiger partial charge in [0.05, 0.1) is 6.54 Å². The van der Waals surface area contributed by atoms with Gasteiger partial charge in [-0.3, -0.25) is 9.69 Å². The summed E-state index contributed by atoms with van der Waals surface area (Å²) in [6.45, 7) is 5.46. The molecule has 0 saturated carbocycles. The molecule has 0 aliphatic rings. The van der Waals surface area contributed by atoms with Crippen LogP contribution in [0.2, 0.25) is 0 Å². The van der Waals surface area contributed by atoms with Crippen LogP contribution in [0.4, 0.5) is 5.69 Å². The zero-order valence-corrected chi connectivity index (χ0v) is 16.1. The van der Waals surface area contributed by atoms with E-state index in [0.717, 1.165) is 23.1 Å². The zero-order valence-electron chi connectivity index (χ0n) is 14.6. The number of para-hydroxylation sites is 1. The van der Waals surface area contributed by atoms with E-state index in [-0.39, 0.29) is 5.91 Å². The predicted molar refractivity (Wildman–Crippen MR) is 104 cm³/mol. The SMILES string of the molecule is CC[C@@H](C)c1ccccc1NC(=O)CN(C)Cc1ccc(Br)cc1. The van der Waals surface area contributed by atoms with Crippen LogP contribution in [0, 0.1) is 0 Å². The third-order valence-corrected chi connectivity index (χ3v) is 4.69. The average Bonchev–Trinajstić information content (AvgIpc) is 2.56. The van der Waals surface area contributed by atoms with Gasteiger partial charge in [-0.05, 0) is 48.7 Å². The maximum Gasteiger partial charge on any atom is 0.238 e. The van der Waals surface area contributed by atoms with E-state index >= 15 is 0 Å². The molecule has 0 fully saturated rings. The molecule has 1 N–H and O–H groups in total. The van der Waals surface area contributed by atoms with Crippen LogP contribution < -0.4 is 5.32 Å². The molecule has 0 aliphatic heterocycles. The fraction of sp³-hybridized carbons (Fsp3) is 0.350. The van der Waals surface area contributed by atoms with Crippen molar-refractivity contribution in [2.24, 2.45) is 0 Å². The lowest BCUT2D eigenvalue weighted by molar-refractivity contribution is -0.117. The Morgan fingerprint density at radius 3 is 2.50 bits per heavy atom. The lowest BCUT2D eigenvalue weighted by atomic mass is 9.97. The Morgan fingerprint density at radius 2 is 1.83 bits per heavy atom. The number of rotatable bonds is 7. The van der Waals surface area contributed by atoms with Crippen LogP contribution >= 0.6 is 15.9 Å². The molecule has 3 nitrogen and oxygen atoms in total. The summed E-state index contributed by atoms with van der Waals surface area (Å²) in [5.74, 6) is 0.451. The molecule has 4 heteroatoms. The molecule has 0 bridgehead atoms. The Balaban J connectivity index is 1.94. The number of nitrogens with one attached hydrogen (secondary N) is 1. The van der Waals surface area contributed by atoms with Crippen LogP contribution in [0.1, 0.15) is 37.3 Å². The number of anilines is 1. The van der Waals surface area contributed by atoms with Gasteiger partial charge in [-0.15, -0.1) is 0 Å². The van der Waals surface area contributed by atoms with Gasteiger partial charge < -0.3 is 5.32 Å². The van der Waals surface area contributed by atoms with Crippen molar-refractivity contribution in [1.82, 2.24) is 4.90 Å². The number of carbonyl (C=O) groups excluding carboxylic acids is 1. The molecule has 2 rings (SSSR count). The largest absolute Gasteiger partial charge is 0.325 e. The van der Waals surface area contributed by atoms with Gasteiger partial charge in [0.1, 0.15) is 0 Å². The van der Waals surface area contributed by atoms with Crippen LogP contribution in [0.5, 0.6) is 0 Å². The Bertz CT molecular complexity index is 670. The molecule has 0 aliphatic carbocycles. The number of carbonyl (C=O) groups is 1. The monoisotopic (exact) mass is 388 g/mol. The van der Waals surface area contributed by atoms with Crippen molar-refractivity contribution in [3.05, 3.63) is 64.1 Å². The van der Waals surface area contributed by atoms with Crippen molar-refractivity contribution in [2.75, 3.05) is 18.9 Å². The fourth-order valence-electron chi connectivity index (χ4n) is 2.65. The predicted octanol–water partition coefficient (Wildman–Crippen LogP) is 5.03. The van der Waals surface area contributed by atoms with E-state index in [4.69, 9.17) is 0 Å². The minimum atomic E-state index is 0.0189. The highest BCUT2D eigenvalue weighted by Crippen LogP contribution is 2.26. The first kappa shape index (κ1) is 18.7. The molecule has 1 atom stereocenters. The molecule has 2 aromatic carbocycles. The van der Waals surface area contributed by atoms with Gasteiger partial charge in [0.15, 0.2) is 0 Å². The van der Waals surface area contributed by atoms with E-state index in [1.165, 1.54) is 11.1 Å². The van der Waals surface area contributed by atoms with Crippen LogP contribution in [-0.2, 0) is 11.3 Å². The van der Waals surface area contributed by atoms with Crippen molar-refractivity contribution in [3.8, 4) is 0 Å². The summed E-state index contributed by atoms with van der Waals surface area (Å²) in [7, 11) is 1.96. The van der Waals surface area contributed by atoms with Gasteiger partial charge >= 0.3 is 0 Å². The number of hydrogen-bond donors (Lipinski definition) is 1. The molecule has 128 valence electrons. The number of nitrogens with zero attached hydrogens (tertiary/aromatic N) is 1. The second-order valence-electron chi connectivity index (χ2n) is 6.24. The Kier molecular flexibility index (Phi) is 7.00. The summed E-state index contributed by atoms with van der Waals surface area (Å²) in [6, 6.07) is 16.2. The molecule has 0 aromatic heterocycles. The van der Waals surface area contributed by atoms with E-state index in [1.54, 1.807) is 0 Å². The van der Waals surface area contributed by atoms with Crippen molar-refractivity contribution in [2.45, 2.75) is 32.7 Å². The number of halogens is 1. The van der Waals surface area contributed by atoms with E-state index in [2.05, 4.69) is 53.3 Å². The summed E-state index contributed by atoms with van der Waals surface area (Å²) in [5, 5.41) is 3.06. The minimum absolute atomic E-state index is 0.0189. The molecule has 1 amide bonds. The Morgan fingerprint density at radius 1 is 1.17 bits per heavy atom. The van der Waals surface area contributed by atoms with Crippen LogP contribution in [-0.4, -0.2) is 24.4 Å². The molecule has 0 saturated heterocycles. The van der Waals surface area contributed by atoms with E-state index in [0.29, 0.717) is 12.5 Å². The highest BCUT2D eigenvalue weighted by Gasteiger charge is 2.12. The van der Waals surface area contributed by atoms with Gasteiger partial charge in [-0.2, -0.15) is 0 Å². The number of benzene rings is 2. The molecule has 24 heavy (non-hydrogen) atoms. The summed E-state index contributed by atoms with van der Waals surface area (Å²) >= 11 is 3.44. The summed E-state index contributed by atoms with van der Waals surface area (Å²) in [5.41, 5.74) is 3.31. The minimum Gasteiger partial charge on any atom is -0.325 e. The van der Waals surface area contributed by atoms with E-state index in [1.807, 2.05) is 42.3 Å². The second kappa shape index (κ2) is 9.00. The molecule has 2 aromatic rings. The van der Waals surface area contributed by atoms with Gasteiger partial charge in [-0.1, -0.05) is 60.1 Å². The van der Waals surface area contributed by atoms with E-state index < -0.39 is 0 Å². The van der Waals surface area contributed by atoms with Gasteiger partial charge in [0, 0.05) is 16.7 Å². The number of amides is 1. The number of hydrogen-bond acceptors (Lipinski definition) is 2. The summed E-state index contributed by atoms with van der Waals surface area (Å²) < 4.78 is 1.06. The topological polar surface area (TPSA) is 32.3 Å². The highest BCUT2D eigenvalue weighted by atomic mass is 79.9. The zero-order chi connectivity index (χ0) is 17.5. The van der Waals surface area contributed by atoms with Crippen molar-refractivity contribution < 1.29 is 4.79 Å². The van der Waals surface area contributed by atoms with Gasteiger partial charge in [-0.25, -0.2) is 0 Å². The Labute approximate surface area is 153 Å². The van der Waals surface area contributed by atoms with Gasteiger partial charge in [0.25, 0.3) is 0 Å². The van der Waals surface area contributed by atoms with Crippen molar-refractivity contribution in [3.63, 3.8) is 0 Å². The number of likely N-dealkylation sites (N-methyl/N-ethyl adjacent to an activating group) is 1. The second-order valence-corrected chi connectivity index (χ2v) is 7.16. The molecule has 0 heterocycles.